The molecule has 0 aliphatic heterocycles. The van der Waals surface area contributed by atoms with Crippen LogP contribution in [0.15, 0.2) is 48.5 Å². The van der Waals surface area contributed by atoms with Gasteiger partial charge in [-0.15, -0.1) is 5.10 Å². The number of aromatic amines is 1. The fourth-order valence-corrected chi connectivity index (χ4v) is 2.88. The third kappa shape index (κ3) is 3.87. The molecule has 0 bridgehead atoms. The molecule has 4 rings (SSSR count). The quantitative estimate of drug-likeness (QED) is 0.519. The number of methoxy groups -OCH3 is 1. The standard InChI is InChI=1S/C19H15F3N6O/c1-29-10-15-24-18(28-27-15)26-17-12-7-3-5-9-14(12)23-16(25-17)11-6-2-4-8-13(11)19(20,21)22/h2-9H,10H2,1H3,(H2,23,24,25,26,27,28). The molecule has 2 aromatic heterocycles. The second kappa shape index (κ2) is 7.47. The molecule has 0 unspecified atom stereocenters. The minimum Gasteiger partial charge on any atom is -0.377 e. The van der Waals surface area contributed by atoms with Crippen molar-refractivity contribution in [2.45, 2.75) is 12.8 Å². The smallest absolute Gasteiger partial charge is 0.377 e. The van der Waals surface area contributed by atoms with Crippen LogP contribution in [0.4, 0.5) is 24.9 Å². The number of H-pyrrole nitrogens is 1. The first kappa shape index (κ1) is 18.8. The van der Waals surface area contributed by atoms with Gasteiger partial charge in [0, 0.05) is 18.1 Å². The highest BCUT2D eigenvalue weighted by atomic mass is 19.4. The lowest BCUT2D eigenvalue weighted by molar-refractivity contribution is -0.137. The van der Waals surface area contributed by atoms with Crippen molar-refractivity contribution < 1.29 is 17.9 Å². The van der Waals surface area contributed by atoms with Crippen molar-refractivity contribution in [1.82, 2.24) is 25.1 Å². The van der Waals surface area contributed by atoms with Crippen molar-refractivity contribution in [2.24, 2.45) is 0 Å². The molecule has 0 radical (unpaired) electrons. The maximum absolute atomic E-state index is 13.5. The Hall–Kier alpha value is -3.53. The molecule has 2 aromatic carbocycles. The van der Waals surface area contributed by atoms with E-state index in [9.17, 15) is 13.2 Å². The molecule has 0 aliphatic rings. The predicted molar refractivity (Wildman–Crippen MR) is 100 cm³/mol. The molecule has 0 spiro atoms. The molecule has 7 nitrogen and oxygen atoms in total. The van der Waals surface area contributed by atoms with Gasteiger partial charge in [-0.1, -0.05) is 30.3 Å². The molecular weight excluding hydrogens is 385 g/mol. The van der Waals surface area contributed by atoms with Crippen LogP contribution < -0.4 is 5.32 Å². The van der Waals surface area contributed by atoms with Crippen LogP contribution in [0.5, 0.6) is 0 Å². The summed E-state index contributed by atoms with van der Waals surface area (Å²) in [6, 6.07) is 12.2. The Bertz CT molecular complexity index is 1160. The summed E-state index contributed by atoms with van der Waals surface area (Å²) in [5, 5.41) is 10.3. The molecule has 0 aliphatic carbocycles. The topological polar surface area (TPSA) is 88.6 Å². The summed E-state index contributed by atoms with van der Waals surface area (Å²) in [7, 11) is 1.53. The molecule has 0 saturated heterocycles. The maximum atomic E-state index is 13.5. The third-order valence-corrected chi connectivity index (χ3v) is 4.12. The van der Waals surface area contributed by atoms with Crippen LogP contribution >= 0.6 is 0 Å². The minimum absolute atomic E-state index is 0.0493. The molecular formula is C19H15F3N6O. The number of anilines is 2. The van der Waals surface area contributed by atoms with Gasteiger partial charge in [-0.05, 0) is 18.2 Å². The van der Waals surface area contributed by atoms with Crippen molar-refractivity contribution in [2.75, 3.05) is 12.4 Å². The summed E-state index contributed by atoms with van der Waals surface area (Å²) in [5.74, 6) is 0.962. The molecule has 148 valence electrons. The van der Waals surface area contributed by atoms with E-state index in [-0.39, 0.29) is 23.9 Å². The maximum Gasteiger partial charge on any atom is 0.417 e. The summed E-state index contributed by atoms with van der Waals surface area (Å²) in [5.41, 5.74) is -0.421. The van der Waals surface area contributed by atoms with Crippen LogP contribution in [-0.2, 0) is 17.5 Å². The van der Waals surface area contributed by atoms with E-state index >= 15 is 0 Å². The second-order valence-electron chi connectivity index (χ2n) is 6.12. The number of nitrogens with zero attached hydrogens (tertiary/aromatic N) is 4. The molecule has 0 amide bonds. The molecule has 0 saturated carbocycles. The van der Waals surface area contributed by atoms with Gasteiger partial charge >= 0.3 is 6.18 Å². The number of hydrogen-bond donors (Lipinski definition) is 2. The van der Waals surface area contributed by atoms with E-state index in [0.717, 1.165) is 6.07 Å². The monoisotopic (exact) mass is 400 g/mol. The summed E-state index contributed by atoms with van der Waals surface area (Å²) >= 11 is 0. The number of alkyl halides is 3. The van der Waals surface area contributed by atoms with Crippen molar-refractivity contribution in [3.8, 4) is 11.4 Å². The van der Waals surface area contributed by atoms with Crippen LogP contribution in [-0.4, -0.2) is 32.3 Å². The van der Waals surface area contributed by atoms with E-state index in [1.54, 1.807) is 24.3 Å². The summed E-state index contributed by atoms with van der Waals surface area (Å²) < 4.78 is 45.4. The summed E-state index contributed by atoms with van der Waals surface area (Å²) in [6.45, 7) is 0.239. The van der Waals surface area contributed by atoms with Crippen LogP contribution in [0, 0.1) is 0 Å². The highest BCUT2D eigenvalue weighted by Crippen LogP contribution is 2.37. The van der Waals surface area contributed by atoms with E-state index in [1.807, 2.05) is 0 Å². The van der Waals surface area contributed by atoms with E-state index in [0.29, 0.717) is 22.5 Å². The predicted octanol–water partition coefficient (Wildman–Crippen LogP) is 4.32. The molecule has 29 heavy (non-hydrogen) atoms. The Morgan fingerprint density at radius 3 is 2.55 bits per heavy atom. The van der Waals surface area contributed by atoms with E-state index in [1.165, 1.54) is 25.3 Å². The normalized spacial score (nSPS) is 11.7. The fraction of sp³-hybridized carbons (Fsp3) is 0.158. The van der Waals surface area contributed by atoms with Gasteiger partial charge in [0.15, 0.2) is 11.6 Å². The van der Waals surface area contributed by atoms with Gasteiger partial charge in [-0.3, -0.25) is 5.10 Å². The zero-order valence-corrected chi connectivity index (χ0v) is 15.2. The SMILES string of the molecule is COCc1nc(Nc2nc(-c3ccccc3C(F)(F)F)nc3ccccc23)n[nH]1. The molecule has 2 N–H and O–H groups in total. The Morgan fingerprint density at radius 2 is 1.76 bits per heavy atom. The van der Waals surface area contributed by atoms with Crippen molar-refractivity contribution in [3.05, 3.63) is 59.9 Å². The van der Waals surface area contributed by atoms with Crippen molar-refractivity contribution in [1.29, 1.82) is 0 Å². The lowest BCUT2D eigenvalue weighted by Crippen LogP contribution is -2.09. The van der Waals surface area contributed by atoms with Gasteiger partial charge in [-0.25, -0.2) is 9.97 Å². The number of benzene rings is 2. The Morgan fingerprint density at radius 1 is 1.00 bits per heavy atom. The number of ether oxygens (including phenoxy) is 1. The van der Waals surface area contributed by atoms with Crippen molar-refractivity contribution in [3.63, 3.8) is 0 Å². The Balaban J connectivity index is 1.83. The van der Waals surface area contributed by atoms with Crippen LogP contribution in [0.3, 0.4) is 0 Å². The van der Waals surface area contributed by atoms with Crippen molar-refractivity contribution >= 4 is 22.7 Å². The average molecular weight is 400 g/mol. The van der Waals surface area contributed by atoms with Gasteiger partial charge in [-0.2, -0.15) is 18.2 Å². The Kier molecular flexibility index (Phi) is 4.85. The number of hydrogen-bond acceptors (Lipinski definition) is 6. The van der Waals surface area contributed by atoms with Crippen LogP contribution in [0.2, 0.25) is 0 Å². The van der Waals surface area contributed by atoms with Gasteiger partial charge in [0.1, 0.15) is 12.4 Å². The highest BCUT2D eigenvalue weighted by Gasteiger charge is 2.34. The van der Waals surface area contributed by atoms with Gasteiger partial charge in [0.05, 0.1) is 11.1 Å². The van der Waals surface area contributed by atoms with E-state index < -0.39 is 11.7 Å². The molecule has 4 aromatic rings. The molecule has 10 heteroatoms. The summed E-state index contributed by atoms with van der Waals surface area (Å²) in [6.07, 6.45) is -4.53. The number of halogens is 3. The first-order valence-electron chi connectivity index (χ1n) is 8.56. The zero-order chi connectivity index (χ0) is 20.4. The van der Waals surface area contributed by atoms with Gasteiger partial charge in [0.2, 0.25) is 5.95 Å². The van der Waals surface area contributed by atoms with E-state index in [4.69, 9.17) is 4.74 Å². The average Bonchev–Trinajstić information content (AvgIpc) is 3.14. The van der Waals surface area contributed by atoms with Gasteiger partial charge in [0.25, 0.3) is 0 Å². The first-order chi connectivity index (χ1) is 14.0. The van der Waals surface area contributed by atoms with Crippen LogP contribution in [0.25, 0.3) is 22.3 Å². The third-order valence-electron chi connectivity index (χ3n) is 4.12. The fourth-order valence-electron chi connectivity index (χ4n) is 2.88. The number of para-hydroxylation sites is 1. The Labute approximate surface area is 163 Å². The lowest BCUT2D eigenvalue weighted by Gasteiger charge is -2.13. The van der Waals surface area contributed by atoms with Crippen LogP contribution in [0.1, 0.15) is 11.4 Å². The second-order valence-corrected chi connectivity index (χ2v) is 6.12. The molecule has 0 fully saturated rings. The molecule has 2 heterocycles. The van der Waals surface area contributed by atoms with E-state index in [2.05, 4.69) is 30.5 Å². The number of fused-ring (bicyclic) bond motifs is 1. The molecule has 0 atom stereocenters. The number of rotatable bonds is 5. The number of nitrogens with one attached hydrogen (secondary N) is 2. The first-order valence-corrected chi connectivity index (χ1v) is 8.56. The summed E-state index contributed by atoms with van der Waals surface area (Å²) in [4.78, 5) is 12.9. The number of aromatic nitrogens is 5. The highest BCUT2D eigenvalue weighted by molar-refractivity contribution is 5.91. The zero-order valence-electron chi connectivity index (χ0n) is 15.2. The lowest BCUT2D eigenvalue weighted by atomic mass is 10.1. The van der Waals surface area contributed by atoms with Gasteiger partial charge < -0.3 is 10.1 Å². The largest absolute Gasteiger partial charge is 0.417 e. The minimum atomic E-state index is -4.53.